The van der Waals surface area contributed by atoms with Gasteiger partial charge >= 0.3 is 6.03 Å². The number of hydrogen-bond donors (Lipinski definition) is 2. The van der Waals surface area contributed by atoms with Crippen molar-refractivity contribution in [3.05, 3.63) is 23.2 Å². The van der Waals surface area contributed by atoms with E-state index in [0.717, 1.165) is 51.5 Å². The molecule has 2 heterocycles. The smallest absolute Gasteiger partial charge is 0.319 e. The molecular weight excluding hydrogens is 352 g/mol. The monoisotopic (exact) mass is 380 g/mol. The summed E-state index contributed by atoms with van der Waals surface area (Å²) in [5, 5.41) is 6.46. The van der Waals surface area contributed by atoms with Gasteiger partial charge in [0.15, 0.2) is 0 Å². The average molecular weight is 381 g/mol. The molecule has 2 aliphatic rings. The molecular formula is C19H29ClN4O2. The van der Waals surface area contributed by atoms with Gasteiger partial charge in [0.2, 0.25) is 0 Å². The van der Waals surface area contributed by atoms with E-state index in [4.69, 9.17) is 16.3 Å². The normalized spacial score (nSPS) is 21.5. The molecule has 6 nitrogen and oxygen atoms in total. The van der Waals surface area contributed by atoms with Crippen molar-refractivity contribution < 1.29 is 9.53 Å². The number of likely N-dealkylation sites (tertiary alicyclic amines) is 1. The van der Waals surface area contributed by atoms with Gasteiger partial charge in [-0.2, -0.15) is 0 Å². The van der Waals surface area contributed by atoms with Crippen molar-refractivity contribution in [2.24, 2.45) is 0 Å². The molecule has 0 spiro atoms. The van der Waals surface area contributed by atoms with Crippen LogP contribution in [0.1, 0.15) is 26.2 Å². The summed E-state index contributed by atoms with van der Waals surface area (Å²) in [5.74, 6) is 0. The lowest BCUT2D eigenvalue weighted by atomic mass is 10.0. The second-order valence-corrected chi connectivity index (χ2v) is 7.28. The van der Waals surface area contributed by atoms with Gasteiger partial charge in [0.05, 0.1) is 23.9 Å². The quantitative estimate of drug-likeness (QED) is 0.823. The molecule has 1 aromatic carbocycles. The highest BCUT2D eigenvalue weighted by atomic mass is 35.5. The minimum Gasteiger partial charge on any atom is -0.378 e. The van der Waals surface area contributed by atoms with E-state index in [1.165, 1.54) is 12.8 Å². The van der Waals surface area contributed by atoms with Crippen LogP contribution in [-0.4, -0.2) is 62.9 Å². The minimum absolute atomic E-state index is 0.201. The molecule has 2 saturated heterocycles. The van der Waals surface area contributed by atoms with Crippen molar-refractivity contribution >= 4 is 29.0 Å². The molecule has 1 atom stereocenters. The number of piperidine rings is 1. The van der Waals surface area contributed by atoms with Crippen LogP contribution in [0, 0.1) is 0 Å². The van der Waals surface area contributed by atoms with Crippen molar-refractivity contribution in [1.82, 2.24) is 10.2 Å². The molecule has 2 aliphatic heterocycles. The van der Waals surface area contributed by atoms with Crippen molar-refractivity contribution in [3.8, 4) is 0 Å². The zero-order valence-electron chi connectivity index (χ0n) is 15.5. The highest BCUT2D eigenvalue weighted by Crippen LogP contribution is 2.28. The highest BCUT2D eigenvalue weighted by molar-refractivity contribution is 6.33. The number of nitrogens with zero attached hydrogens (tertiary/aromatic N) is 2. The van der Waals surface area contributed by atoms with Crippen LogP contribution in [0.15, 0.2) is 18.2 Å². The van der Waals surface area contributed by atoms with Crippen LogP contribution in [0.4, 0.5) is 16.2 Å². The highest BCUT2D eigenvalue weighted by Gasteiger charge is 2.21. The zero-order valence-corrected chi connectivity index (χ0v) is 16.2. The topological polar surface area (TPSA) is 56.8 Å². The largest absolute Gasteiger partial charge is 0.378 e. The predicted molar refractivity (Wildman–Crippen MR) is 106 cm³/mol. The zero-order chi connectivity index (χ0) is 18.4. The van der Waals surface area contributed by atoms with E-state index < -0.39 is 0 Å². The van der Waals surface area contributed by atoms with Crippen LogP contribution in [0.25, 0.3) is 0 Å². The first-order valence-corrected chi connectivity index (χ1v) is 9.96. The number of ether oxygens (including phenoxy) is 1. The Balaban J connectivity index is 1.56. The lowest BCUT2D eigenvalue weighted by Gasteiger charge is -2.34. The molecule has 1 aromatic rings. The number of likely N-dealkylation sites (N-methyl/N-ethyl adjacent to an activating group) is 1. The number of nitrogens with one attached hydrogen (secondary N) is 2. The number of halogens is 1. The van der Waals surface area contributed by atoms with Crippen molar-refractivity contribution in [1.29, 1.82) is 0 Å². The summed E-state index contributed by atoms with van der Waals surface area (Å²) in [6.45, 7) is 8.14. The fraction of sp³-hybridized carbons (Fsp3) is 0.632. The Kier molecular flexibility index (Phi) is 7.00. The van der Waals surface area contributed by atoms with Gasteiger partial charge < -0.3 is 20.3 Å². The fourth-order valence-electron chi connectivity index (χ4n) is 3.71. The first kappa shape index (κ1) is 19.3. The molecule has 0 bridgehead atoms. The maximum absolute atomic E-state index is 12.4. The molecule has 0 aromatic heterocycles. The molecule has 144 valence electrons. The number of benzene rings is 1. The van der Waals surface area contributed by atoms with E-state index in [9.17, 15) is 4.79 Å². The number of amides is 2. The van der Waals surface area contributed by atoms with Gasteiger partial charge in [-0.05, 0) is 44.1 Å². The van der Waals surface area contributed by atoms with Gasteiger partial charge in [0, 0.05) is 31.4 Å². The maximum atomic E-state index is 12.4. The number of carbonyl (C=O) groups excluding carboxylic acids is 1. The third-order valence-electron chi connectivity index (χ3n) is 5.23. The van der Waals surface area contributed by atoms with Gasteiger partial charge in [-0.25, -0.2) is 4.79 Å². The third-order valence-corrected chi connectivity index (χ3v) is 5.56. The van der Waals surface area contributed by atoms with Crippen LogP contribution in [0.3, 0.4) is 0 Å². The molecule has 0 saturated carbocycles. The van der Waals surface area contributed by atoms with Crippen LogP contribution >= 0.6 is 11.6 Å². The van der Waals surface area contributed by atoms with Crippen molar-refractivity contribution in [3.63, 3.8) is 0 Å². The molecule has 2 fully saturated rings. The van der Waals surface area contributed by atoms with Crippen LogP contribution in [0.5, 0.6) is 0 Å². The first-order valence-electron chi connectivity index (χ1n) is 9.58. The second kappa shape index (κ2) is 9.44. The lowest BCUT2D eigenvalue weighted by Crippen LogP contribution is -2.47. The Morgan fingerprint density at radius 1 is 1.27 bits per heavy atom. The van der Waals surface area contributed by atoms with Crippen molar-refractivity contribution in [2.75, 3.05) is 56.2 Å². The Morgan fingerprint density at radius 2 is 2.08 bits per heavy atom. The summed E-state index contributed by atoms with van der Waals surface area (Å²) in [5.41, 5.74) is 1.70. The molecule has 3 rings (SSSR count). The van der Waals surface area contributed by atoms with E-state index in [2.05, 4.69) is 27.4 Å². The molecule has 0 unspecified atom stereocenters. The number of rotatable bonds is 5. The molecule has 7 heteroatoms. The number of carbonyl (C=O) groups is 1. The van der Waals surface area contributed by atoms with E-state index in [1.54, 1.807) is 0 Å². The van der Waals surface area contributed by atoms with E-state index >= 15 is 0 Å². The van der Waals surface area contributed by atoms with Crippen LogP contribution in [-0.2, 0) is 4.74 Å². The van der Waals surface area contributed by atoms with Gasteiger partial charge in [0.1, 0.15) is 0 Å². The summed E-state index contributed by atoms with van der Waals surface area (Å²) in [6, 6.07) is 5.98. The lowest BCUT2D eigenvalue weighted by molar-refractivity contribution is 0.122. The Labute approximate surface area is 160 Å². The number of morpholine rings is 1. The Bertz CT molecular complexity index is 607. The standard InChI is InChI=1S/C19H29ClN4O2/c1-2-23-8-4-3-5-16(23)14-21-19(25)22-18-13-15(6-7-17(18)20)24-9-11-26-12-10-24/h6-7,13,16H,2-5,8-12,14H2,1H3,(H2,21,22,25)/t16-/m1/s1. The molecule has 26 heavy (non-hydrogen) atoms. The average Bonchev–Trinajstić information content (AvgIpc) is 2.69. The second-order valence-electron chi connectivity index (χ2n) is 6.88. The van der Waals surface area contributed by atoms with E-state index in [-0.39, 0.29) is 6.03 Å². The van der Waals surface area contributed by atoms with Crippen LogP contribution < -0.4 is 15.5 Å². The predicted octanol–water partition coefficient (Wildman–Crippen LogP) is 3.17. The van der Waals surface area contributed by atoms with Gasteiger partial charge in [-0.1, -0.05) is 24.9 Å². The molecule has 0 aliphatic carbocycles. The Morgan fingerprint density at radius 3 is 2.85 bits per heavy atom. The van der Waals surface area contributed by atoms with Crippen molar-refractivity contribution in [2.45, 2.75) is 32.2 Å². The number of hydrogen-bond acceptors (Lipinski definition) is 4. The summed E-state index contributed by atoms with van der Waals surface area (Å²) >= 11 is 6.28. The number of anilines is 2. The third kappa shape index (κ3) is 5.02. The Hall–Kier alpha value is -1.50. The van der Waals surface area contributed by atoms with E-state index in [1.807, 2.05) is 18.2 Å². The van der Waals surface area contributed by atoms with Gasteiger partial charge in [-0.3, -0.25) is 4.90 Å². The molecule has 2 amide bonds. The molecule has 2 N–H and O–H groups in total. The fourth-order valence-corrected chi connectivity index (χ4v) is 3.88. The minimum atomic E-state index is -0.201. The number of urea groups is 1. The summed E-state index contributed by atoms with van der Waals surface area (Å²) in [7, 11) is 0. The summed E-state index contributed by atoms with van der Waals surface area (Å²) in [6.07, 6.45) is 3.62. The molecule has 0 radical (unpaired) electrons. The maximum Gasteiger partial charge on any atom is 0.319 e. The van der Waals surface area contributed by atoms with Crippen LogP contribution in [0.2, 0.25) is 5.02 Å². The van der Waals surface area contributed by atoms with Gasteiger partial charge in [0.25, 0.3) is 0 Å². The van der Waals surface area contributed by atoms with Gasteiger partial charge in [-0.15, -0.1) is 0 Å². The summed E-state index contributed by atoms with van der Waals surface area (Å²) < 4.78 is 5.40. The SMILES string of the molecule is CCN1CCCC[C@@H]1CNC(=O)Nc1cc(N2CCOCC2)ccc1Cl. The summed E-state index contributed by atoms with van der Waals surface area (Å²) in [4.78, 5) is 17.0. The first-order chi connectivity index (χ1) is 12.7. The van der Waals surface area contributed by atoms with E-state index in [0.29, 0.717) is 23.3 Å².